The van der Waals surface area contributed by atoms with Crippen molar-refractivity contribution in [3.63, 3.8) is 0 Å². The van der Waals surface area contributed by atoms with E-state index in [-0.39, 0.29) is 24.0 Å². The minimum Gasteiger partial charge on any atom is -0.370 e. The van der Waals surface area contributed by atoms with E-state index in [0.29, 0.717) is 23.7 Å². The fourth-order valence-corrected chi connectivity index (χ4v) is 2.94. The predicted molar refractivity (Wildman–Crippen MR) is 113 cm³/mol. The number of hydrogen-bond donors (Lipinski definition) is 2. The average molecular weight is 435 g/mol. The minimum atomic E-state index is 0. The maximum atomic E-state index is 6.03. The molecule has 3 N–H and O–H groups in total. The van der Waals surface area contributed by atoms with Crippen LogP contribution in [0.2, 0.25) is 0 Å². The molecule has 0 spiro atoms. The molecule has 1 fully saturated rings. The molecule has 0 bridgehead atoms. The fourth-order valence-electron chi connectivity index (χ4n) is 2.94. The Labute approximate surface area is 161 Å². The van der Waals surface area contributed by atoms with E-state index in [2.05, 4.69) is 72.7 Å². The van der Waals surface area contributed by atoms with Gasteiger partial charge in [-0.1, -0.05) is 56.3 Å². The zero-order chi connectivity index (χ0) is 16.2. The first kappa shape index (κ1) is 18.8. The van der Waals surface area contributed by atoms with Gasteiger partial charge in [0.05, 0.1) is 0 Å². The lowest BCUT2D eigenvalue weighted by Gasteiger charge is -2.10. The van der Waals surface area contributed by atoms with Crippen LogP contribution in [-0.2, 0) is 0 Å². The lowest BCUT2D eigenvalue weighted by Crippen LogP contribution is -2.23. The summed E-state index contributed by atoms with van der Waals surface area (Å²) in [6.07, 6.45) is 1.21. The first-order valence-corrected chi connectivity index (χ1v) is 8.35. The molecule has 0 aliphatic heterocycles. The number of guanidine groups is 1. The highest BCUT2D eigenvalue weighted by molar-refractivity contribution is 14.0. The molecule has 0 aromatic heterocycles. The van der Waals surface area contributed by atoms with E-state index < -0.39 is 0 Å². The zero-order valence-corrected chi connectivity index (χ0v) is 16.6. The first-order valence-electron chi connectivity index (χ1n) is 8.35. The molecule has 1 saturated carbocycles. The van der Waals surface area contributed by atoms with Gasteiger partial charge in [0.25, 0.3) is 0 Å². The monoisotopic (exact) mass is 435 g/mol. The Morgan fingerprint density at radius 1 is 1.17 bits per heavy atom. The van der Waals surface area contributed by atoms with Crippen LogP contribution in [0.4, 0.5) is 5.69 Å². The van der Waals surface area contributed by atoms with Crippen LogP contribution in [0.1, 0.15) is 43.2 Å². The van der Waals surface area contributed by atoms with E-state index in [9.17, 15) is 0 Å². The van der Waals surface area contributed by atoms with Crippen molar-refractivity contribution in [2.45, 2.75) is 32.1 Å². The Morgan fingerprint density at radius 3 is 2.62 bits per heavy atom. The van der Waals surface area contributed by atoms with Crippen LogP contribution < -0.4 is 11.1 Å². The van der Waals surface area contributed by atoms with Crippen molar-refractivity contribution in [1.82, 2.24) is 0 Å². The standard InChI is InChI=1S/C20H25N3.HI/c1-14(2)16-9-6-10-18(11-16)23-20(21)22-13-17-12-19(17)15-7-4-3-5-8-15;/h3-11,14,17,19H,12-13H2,1-2H3,(H3,21,22,23);1H. The molecule has 1 aliphatic carbocycles. The van der Waals surface area contributed by atoms with E-state index in [1.165, 1.54) is 17.5 Å². The highest BCUT2D eigenvalue weighted by atomic mass is 127. The van der Waals surface area contributed by atoms with Crippen LogP contribution in [0.5, 0.6) is 0 Å². The Bertz CT molecular complexity index is 682. The number of hydrogen-bond acceptors (Lipinski definition) is 1. The Hall–Kier alpha value is -1.56. The van der Waals surface area contributed by atoms with Crippen molar-refractivity contribution in [1.29, 1.82) is 0 Å². The Balaban J connectivity index is 0.00000208. The second-order valence-electron chi connectivity index (χ2n) is 6.64. The van der Waals surface area contributed by atoms with Gasteiger partial charge in [-0.15, -0.1) is 24.0 Å². The van der Waals surface area contributed by atoms with Gasteiger partial charge in [0.2, 0.25) is 0 Å². The summed E-state index contributed by atoms with van der Waals surface area (Å²) in [5, 5.41) is 3.20. The molecule has 2 unspecified atom stereocenters. The summed E-state index contributed by atoms with van der Waals surface area (Å²) < 4.78 is 0. The summed E-state index contributed by atoms with van der Waals surface area (Å²) in [6, 6.07) is 19.0. The Kier molecular flexibility index (Phi) is 6.66. The molecule has 3 nitrogen and oxygen atoms in total. The second-order valence-corrected chi connectivity index (χ2v) is 6.64. The lowest BCUT2D eigenvalue weighted by molar-refractivity contribution is 0.809. The fraction of sp³-hybridized carbons (Fsp3) is 0.350. The van der Waals surface area contributed by atoms with Gasteiger partial charge in [0.1, 0.15) is 0 Å². The average Bonchev–Trinajstić information content (AvgIpc) is 3.34. The van der Waals surface area contributed by atoms with Crippen LogP contribution >= 0.6 is 24.0 Å². The first-order chi connectivity index (χ1) is 11.1. The summed E-state index contributed by atoms with van der Waals surface area (Å²) >= 11 is 0. The molecule has 2 aromatic carbocycles. The molecule has 0 radical (unpaired) electrons. The van der Waals surface area contributed by atoms with Gasteiger partial charge in [-0.05, 0) is 47.4 Å². The second kappa shape index (κ2) is 8.51. The summed E-state index contributed by atoms with van der Waals surface area (Å²) in [7, 11) is 0. The summed E-state index contributed by atoms with van der Waals surface area (Å²) in [6.45, 7) is 5.17. The number of nitrogens with one attached hydrogen (secondary N) is 1. The molecule has 128 valence electrons. The zero-order valence-electron chi connectivity index (χ0n) is 14.3. The predicted octanol–water partition coefficient (Wildman–Crippen LogP) is 4.96. The number of anilines is 1. The van der Waals surface area contributed by atoms with Crippen LogP contribution in [0.3, 0.4) is 0 Å². The molecular weight excluding hydrogens is 409 g/mol. The van der Waals surface area contributed by atoms with Gasteiger partial charge in [0.15, 0.2) is 5.96 Å². The maximum absolute atomic E-state index is 6.03. The highest BCUT2D eigenvalue weighted by Crippen LogP contribution is 2.47. The van der Waals surface area contributed by atoms with Gasteiger partial charge in [-0.25, -0.2) is 0 Å². The van der Waals surface area contributed by atoms with Crippen molar-refractivity contribution >= 4 is 35.6 Å². The van der Waals surface area contributed by atoms with Crippen molar-refractivity contribution in [3.05, 3.63) is 65.7 Å². The molecule has 3 rings (SSSR count). The van der Waals surface area contributed by atoms with Crippen LogP contribution in [0.25, 0.3) is 0 Å². The van der Waals surface area contributed by atoms with Gasteiger partial charge < -0.3 is 11.1 Å². The van der Waals surface area contributed by atoms with Crippen molar-refractivity contribution in [2.75, 3.05) is 11.9 Å². The smallest absolute Gasteiger partial charge is 0.193 e. The normalized spacial score (nSPS) is 19.7. The summed E-state index contributed by atoms with van der Waals surface area (Å²) in [5.41, 5.74) is 9.76. The van der Waals surface area contributed by atoms with E-state index in [4.69, 9.17) is 5.73 Å². The minimum absolute atomic E-state index is 0. The van der Waals surface area contributed by atoms with E-state index >= 15 is 0 Å². The number of rotatable bonds is 5. The Morgan fingerprint density at radius 2 is 1.92 bits per heavy atom. The maximum Gasteiger partial charge on any atom is 0.193 e. The number of aliphatic imine (C=N–C) groups is 1. The molecule has 4 heteroatoms. The topological polar surface area (TPSA) is 50.4 Å². The third kappa shape index (κ3) is 4.97. The van der Waals surface area contributed by atoms with E-state index in [1.54, 1.807) is 0 Å². The molecule has 2 atom stereocenters. The van der Waals surface area contributed by atoms with Crippen LogP contribution in [0, 0.1) is 5.92 Å². The van der Waals surface area contributed by atoms with Crippen LogP contribution in [0.15, 0.2) is 59.6 Å². The van der Waals surface area contributed by atoms with E-state index in [1.807, 2.05) is 6.07 Å². The highest BCUT2D eigenvalue weighted by Gasteiger charge is 2.37. The van der Waals surface area contributed by atoms with Gasteiger partial charge >= 0.3 is 0 Å². The quantitative estimate of drug-likeness (QED) is 0.396. The number of nitrogens with two attached hydrogens (primary N) is 1. The van der Waals surface area contributed by atoms with Gasteiger partial charge in [-0.2, -0.15) is 0 Å². The third-order valence-corrected chi connectivity index (χ3v) is 4.47. The molecular formula is C20H26IN3. The van der Waals surface area contributed by atoms with Crippen LogP contribution in [-0.4, -0.2) is 12.5 Å². The molecule has 0 heterocycles. The number of nitrogens with zero attached hydrogens (tertiary/aromatic N) is 1. The van der Waals surface area contributed by atoms with Gasteiger partial charge in [-0.3, -0.25) is 4.99 Å². The summed E-state index contributed by atoms with van der Waals surface area (Å²) in [5.74, 6) is 2.29. The molecule has 0 saturated heterocycles. The lowest BCUT2D eigenvalue weighted by atomic mass is 10.0. The number of benzene rings is 2. The number of halogens is 1. The molecule has 1 aliphatic rings. The van der Waals surface area contributed by atoms with Crippen molar-refractivity contribution in [3.8, 4) is 0 Å². The van der Waals surface area contributed by atoms with Gasteiger partial charge in [0, 0.05) is 12.2 Å². The van der Waals surface area contributed by atoms with Crippen molar-refractivity contribution in [2.24, 2.45) is 16.6 Å². The largest absolute Gasteiger partial charge is 0.370 e. The summed E-state index contributed by atoms with van der Waals surface area (Å²) in [4.78, 5) is 4.52. The third-order valence-electron chi connectivity index (χ3n) is 4.47. The molecule has 24 heavy (non-hydrogen) atoms. The molecule has 2 aromatic rings. The van der Waals surface area contributed by atoms with Crippen molar-refractivity contribution < 1.29 is 0 Å². The van der Waals surface area contributed by atoms with E-state index in [0.717, 1.165) is 12.2 Å². The SMILES string of the molecule is CC(C)c1cccc(NC(N)=NCC2CC2c2ccccc2)c1.I. The molecule has 0 amide bonds.